The Hall–Kier alpha value is -1.99. The van der Waals surface area contributed by atoms with Gasteiger partial charge in [-0.3, -0.25) is 0 Å². The molecule has 0 N–H and O–H groups in total. The molecule has 1 aromatic carbocycles. The van der Waals surface area contributed by atoms with Crippen LogP contribution < -0.4 is 4.90 Å². The molecule has 1 aliphatic heterocycles. The SMILES string of the molecule is Cc1ccc(-c2ccc(N3CCN(S(C)(=O)=O)CC3)nn2)c(C)c1. The molecule has 24 heavy (non-hydrogen) atoms. The Bertz CT molecular complexity index is 826. The summed E-state index contributed by atoms with van der Waals surface area (Å²) in [6.45, 7) is 6.37. The van der Waals surface area contributed by atoms with Crippen molar-refractivity contribution < 1.29 is 8.42 Å². The smallest absolute Gasteiger partial charge is 0.211 e. The number of sulfonamides is 1. The zero-order valence-corrected chi connectivity index (χ0v) is 15.0. The molecule has 1 fully saturated rings. The minimum Gasteiger partial charge on any atom is -0.352 e. The highest BCUT2D eigenvalue weighted by atomic mass is 32.2. The van der Waals surface area contributed by atoms with Crippen LogP contribution in [0, 0.1) is 13.8 Å². The minimum absolute atomic E-state index is 0.485. The quantitative estimate of drug-likeness (QED) is 0.848. The molecule has 2 heterocycles. The van der Waals surface area contributed by atoms with Crippen LogP contribution in [0.5, 0.6) is 0 Å². The first-order valence-electron chi connectivity index (χ1n) is 7.96. The van der Waals surface area contributed by atoms with Crippen molar-refractivity contribution in [3.05, 3.63) is 41.5 Å². The van der Waals surface area contributed by atoms with E-state index in [4.69, 9.17) is 0 Å². The zero-order chi connectivity index (χ0) is 17.3. The molecule has 0 amide bonds. The second kappa shape index (κ2) is 6.49. The number of benzene rings is 1. The molecule has 1 aliphatic rings. The van der Waals surface area contributed by atoms with Gasteiger partial charge in [-0.25, -0.2) is 8.42 Å². The van der Waals surface area contributed by atoms with Crippen LogP contribution in [0.3, 0.4) is 0 Å². The summed E-state index contributed by atoms with van der Waals surface area (Å²) in [5, 5.41) is 8.70. The average Bonchev–Trinajstić information content (AvgIpc) is 2.54. The highest BCUT2D eigenvalue weighted by molar-refractivity contribution is 7.88. The number of nitrogens with zero attached hydrogens (tertiary/aromatic N) is 4. The minimum atomic E-state index is -3.11. The molecule has 0 atom stereocenters. The van der Waals surface area contributed by atoms with E-state index < -0.39 is 10.0 Å². The van der Waals surface area contributed by atoms with E-state index in [0.29, 0.717) is 26.2 Å². The lowest BCUT2D eigenvalue weighted by molar-refractivity contribution is 0.386. The molecule has 2 aromatic rings. The third-order valence-corrected chi connectivity index (χ3v) is 5.64. The number of hydrogen-bond donors (Lipinski definition) is 0. The Morgan fingerprint density at radius 2 is 1.67 bits per heavy atom. The number of aromatic nitrogens is 2. The Labute approximate surface area is 143 Å². The van der Waals surface area contributed by atoms with Crippen molar-refractivity contribution in [2.45, 2.75) is 13.8 Å². The van der Waals surface area contributed by atoms with E-state index in [1.54, 1.807) is 0 Å². The lowest BCUT2D eigenvalue weighted by Crippen LogP contribution is -2.48. The number of rotatable bonds is 3. The van der Waals surface area contributed by atoms with Gasteiger partial charge in [-0.1, -0.05) is 23.8 Å². The monoisotopic (exact) mass is 346 g/mol. The molecule has 0 radical (unpaired) electrons. The number of hydrogen-bond acceptors (Lipinski definition) is 5. The molecule has 0 unspecified atom stereocenters. The topological polar surface area (TPSA) is 66.4 Å². The fraction of sp³-hybridized carbons (Fsp3) is 0.412. The molecule has 0 bridgehead atoms. The van der Waals surface area contributed by atoms with Gasteiger partial charge in [-0.2, -0.15) is 4.31 Å². The molecule has 0 aliphatic carbocycles. The van der Waals surface area contributed by atoms with E-state index in [2.05, 4.69) is 47.1 Å². The van der Waals surface area contributed by atoms with Crippen LogP contribution in [0.1, 0.15) is 11.1 Å². The third kappa shape index (κ3) is 3.57. The summed E-state index contributed by atoms with van der Waals surface area (Å²) in [4.78, 5) is 2.07. The maximum absolute atomic E-state index is 11.6. The number of aryl methyl sites for hydroxylation is 2. The summed E-state index contributed by atoms with van der Waals surface area (Å²) in [5.41, 5.74) is 4.34. The molecule has 3 rings (SSSR count). The third-order valence-electron chi connectivity index (χ3n) is 4.34. The fourth-order valence-electron chi connectivity index (χ4n) is 2.99. The lowest BCUT2D eigenvalue weighted by atomic mass is 10.0. The largest absolute Gasteiger partial charge is 0.352 e. The van der Waals surface area contributed by atoms with Crippen molar-refractivity contribution in [3.8, 4) is 11.3 Å². The molecular weight excluding hydrogens is 324 g/mol. The first-order chi connectivity index (χ1) is 11.3. The first-order valence-corrected chi connectivity index (χ1v) is 9.81. The number of piperazine rings is 1. The normalized spacial score (nSPS) is 16.4. The summed E-state index contributed by atoms with van der Waals surface area (Å²) in [7, 11) is -3.11. The van der Waals surface area contributed by atoms with Gasteiger partial charge >= 0.3 is 0 Å². The Morgan fingerprint density at radius 3 is 2.21 bits per heavy atom. The second-order valence-electron chi connectivity index (χ2n) is 6.24. The first kappa shape index (κ1) is 16.9. The molecule has 0 spiro atoms. The summed E-state index contributed by atoms with van der Waals surface area (Å²) in [5.74, 6) is 0.789. The maximum atomic E-state index is 11.6. The van der Waals surface area contributed by atoms with E-state index in [1.165, 1.54) is 21.7 Å². The highest BCUT2D eigenvalue weighted by Gasteiger charge is 2.24. The predicted octanol–water partition coefficient (Wildman–Crippen LogP) is 1.84. The summed E-state index contributed by atoms with van der Waals surface area (Å²) in [6, 6.07) is 10.2. The van der Waals surface area contributed by atoms with Gasteiger partial charge < -0.3 is 4.90 Å². The van der Waals surface area contributed by atoms with E-state index in [-0.39, 0.29) is 0 Å². The van der Waals surface area contributed by atoms with Crippen molar-refractivity contribution in [2.75, 3.05) is 37.3 Å². The Kier molecular flexibility index (Phi) is 4.56. The Balaban J connectivity index is 1.74. The lowest BCUT2D eigenvalue weighted by Gasteiger charge is -2.33. The van der Waals surface area contributed by atoms with Crippen molar-refractivity contribution in [3.63, 3.8) is 0 Å². The van der Waals surface area contributed by atoms with Crippen LogP contribution in [0.15, 0.2) is 30.3 Å². The maximum Gasteiger partial charge on any atom is 0.211 e. The molecule has 128 valence electrons. The van der Waals surface area contributed by atoms with Crippen LogP contribution in [-0.4, -0.2) is 55.4 Å². The molecule has 0 saturated carbocycles. The van der Waals surface area contributed by atoms with Crippen LogP contribution in [0.2, 0.25) is 0 Å². The van der Waals surface area contributed by atoms with Gasteiger partial charge in [0.1, 0.15) is 0 Å². The van der Waals surface area contributed by atoms with Crippen LogP contribution in [-0.2, 0) is 10.0 Å². The van der Waals surface area contributed by atoms with Crippen LogP contribution >= 0.6 is 0 Å². The molecule has 1 aromatic heterocycles. The molecule has 1 saturated heterocycles. The average molecular weight is 346 g/mol. The van der Waals surface area contributed by atoms with Gasteiger partial charge in [0.25, 0.3) is 0 Å². The fourth-order valence-corrected chi connectivity index (χ4v) is 3.81. The molecule has 7 heteroatoms. The van der Waals surface area contributed by atoms with Gasteiger partial charge in [-0.15, -0.1) is 10.2 Å². The van der Waals surface area contributed by atoms with Crippen LogP contribution in [0.4, 0.5) is 5.82 Å². The Morgan fingerprint density at radius 1 is 0.958 bits per heavy atom. The molecular formula is C17H22N4O2S. The van der Waals surface area contributed by atoms with Crippen molar-refractivity contribution >= 4 is 15.8 Å². The second-order valence-corrected chi connectivity index (χ2v) is 8.23. The van der Waals surface area contributed by atoms with Gasteiger partial charge in [-0.05, 0) is 31.5 Å². The van der Waals surface area contributed by atoms with Crippen molar-refractivity contribution in [2.24, 2.45) is 0 Å². The van der Waals surface area contributed by atoms with Crippen LogP contribution in [0.25, 0.3) is 11.3 Å². The van der Waals surface area contributed by atoms with E-state index in [1.807, 2.05) is 12.1 Å². The zero-order valence-electron chi connectivity index (χ0n) is 14.2. The summed E-state index contributed by atoms with van der Waals surface area (Å²) in [6.07, 6.45) is 1.25. The summed E-state index contributed by atoms with van der Waals surface area (Å²) >= 11 is 0. The van der Waals surface area contributed by atoms with Gasteiger partial charge in [0.15, 0.2) is 5.82 Å². The van der Waals surface area contributed by atoms with Gasteiger partial charge in [0.2, 0.25) is 10.0 Å². The van der Waals surface area contributed by atoms with E-state index in [0.717, 1.165) is 17.1 Å². The predicted molar refractivity (Wildman–Crippen MR) is 95.6 cm³/mol. The van der Waals surface area contributed by atoms with E-state index >= 15 is 0 Å². The summed E-state index contributed by atoms with van der Waals surface area (Å²) < 4.78 is 24.6. The van der Waals surface area contributed by atoms with E-state index in [9.17, 15) is 8.42 Å². The number of anilines is 1. The van der Waals surface area contributed by atoms with Crippen molar-refractivity contribution in [1.29, 1.82) is 0 Å². The van der Waals surface area contributed by atoms with Crippen molar-refractivity contribution in [1.82, 2.24) is 14.5 Å². The molecule has 6 nitrogen and oxygen atoms in total. The highest BCUT2D eigenvalue weighted by Crippen LogP contribution is 2.23. The van der Waals surface area contributed by atoms with Gasteiger partial charge in [0, 0.05) is 31.7 Å². The van der Waals surface area contributed by atoms with Gasteiger partial charge in [0.05, 0.1) is 11.9 Å². The standard InChI is InChI=1S/C17H22N4O2S/c1-13-4-5-15(14(2)12-13)16-6-7-17(19-18-16)20-8-10-21(11-9-20)24(3,22)23/h4-7,12H,8-11H2,1-3H3.